The average molecular weight is 278 g/mol. The lowest BCUT2D eigenvalue weighted by atomic mass is 10.0. The van der Waals surface area contributed by atoms with Gasteiger partial charge in [-0.05, 0) is 6.07 Å². The number of hydrogen-bond acceptors (Lipinski definition) is 5. The second-order valence-electron chi connectivity index (χ2n) is 3.75. The summed E-state index contributed by atoms with van der Waals surface area (Å²) in [5.74, 6) is -2.03. The Hall–Kier alpha value is -2.15. The minimum Gasteiger partial charge on any atom is -0.481 e. The Labute approximate surface area is 112 Å². The number of benzene rings is 1. The average Bonchev–Trinajstić information content (AvgIpc) is 2.85. The lowest BCUT2D eigenvalue weighted by Crippen LogP contribution is -2.10. The molecule has 6 nitrogen and oxygen atoms in total. The summed E-state index contributed by atoms with van der Waals surface area (Å²) in [5.41, 5.74) is 1.23. The van der Waals surface area contributed by atoms with E-state index >= 15 is 0 Å². The molecular weight excluding hydrogens is 268 g/mol. The van der Waals surface area contributed by atoms with E-state index < -0.39 is 11.9 Å². The molecule has 0 saturated heterocycles. The minimum atomic E-state index is -1.02. The van der Waals surface area contributed by atoms with Crippen molar-refractivity contribution in [3.8, 4) is 0 Å². The maximum absolute atomic E-state index is 11.1. The molecule has 0 fully saturated rings. The molecular formula is C12H10N2O4S. The Morgan fingerprint density at radius 1 is 1.21 bits per heavy atom. The van der Waals surface area contributed by atoms with Crippen molar-refractivity contribution in [2.24, 2.45) is 10.2 Å². The van der Waals surface area contributed by atoms with Gasteiger partial charge in [0.05, 0.1) is 17.0 Å². The summed E-state index contributed by atoms with van der Waals surface area (Å²) in [4.78, 5) is 21.6. The van der Waals surface area contributed by atoms with E-state index in [0.29, 0.717) is 22.7 Å². The fourth-order valence-corrected chi connectivity index (χ4v) is 2.25. The van der Waals surface area contributed by atoms with Gasteiger partial charge in [-0.2, -0.15) is 5.10 Å². The Morgan fingerprint density at radius 3 is 2.63 bits per heavy atom. The van der Waals surface area contributed by atoms with Gasteiger partial charge in [0.15, 0.2) is 0 Å². The Kier molecular flexibility index (Phi) is 3.96. The van der Waals surface area contributed by atoms with Crippen LogP contribution in [0.5, 0.6) is 0 Å². The molecule has 0 radical (unpaired) electrons. The van der Waals surface area contributed by atoms with Crippen LogP contribution in [0.1, 0.15) is 22.3 Å². The standard InChI is InChI=1S/C12H10N2O4S/c15-11(16)6-19-10-5-9(13-14-10)7-3-1-2-4-8(7)12(17)18/h1-4H,5-6H2,(H,15,16)(H,17,18). The molecule has 2 N–H and O–H groups in total. The van der Waals surface area contributed by atoms with Gasteiger partial charge in [0.2, 0.25) is 0 Å². The van der Waals surface area contributed by atoms with Gasteiger partial charge in [-0.3, -0.25) is 4.79 Å². The van der Waals surface area contributed by atoms with Crippen LogP contribution in [0.2, 0.25) is 0 Å². The molecule has 1 aliphatic rings. The van der Waals surface area contributed by atoms with Crippen molar-refractivity contribution in [1.29, 1.82) is 0 Å². The van der Waals surface area contributed by atoms with E-state index in [9.17, 15) is 9.59 Å². The highest BCUT2D eigenvalue weighted by Crippen LogP contribution is 2.21. The number of carboxylic acid groups (broad SMARTS) is 2. The molecule has 1 aromatic carbocycles. The van der Waals surface area contributed by atoms with Crippen LogP contribution in [-0.4, -0.2) is 38.7 Å². The van der Waals surface area contributed by atoms with Gasteiger partial charge in [0.1, 0.15) is 5.04 Å². The van der Waals surface area contributed by atoms with E-state index in [4.69, 9.17) is 10.2 Å². The zero-order valence-corrected chi connectivity index (χ0v) is 10.6. The van der Waals surface area contributed by atoms with Crippen molar-refractivity contribution in [2.45, 2.75) is 6.42 Å². The van der Waals surface area contributed by atoms with Crippen LogP contribution in [0.15, 0.2) is 34.5 Å². The lowest BCUT2D eigenvalue weighted by molar-refractivity contribution is -0.133. The quantitative estimate of drug-likeness (QED) is 0.873. The topological polar surface area (TPSA) is 99.3 Å². The molecule has 1 heterocycles. The molecule has 0 unspecified atom stereocenters. The molecule has 0 aliphatic carbocycles. The molecule has 0 atom stereocenters. The van der Waals surface area contributed by atoms with Crippen molar-refractivity contribution >= 4 is 34.5 Å². The number of nitrogens with zero attached hydrogens (tertiary/aromatic N) is 2. The smallest absolute Gasteiger partial charge is 0.336 e. The summed E-state index contributed by atoms with van der Waals surface area (Å²) >= 11 is 1.09. The predicted octanol–water partition coefficient (Wildman–Crippen LogP) is 1.71. The molecule has 19 heavy (non-hydrogen) atoms. The van der Waals surface area contributed by atoms with Crippen LogP contribution in [0, 0.1) is 0 Å². The maximum Gasteiger partial charge on any atom is 0.336 e. The first-order valence-corrected chi connectivity index (χ1v) is 6.37. The van der Waals surface area contributed by atoms with Crippen molar-refractivity contribution in [1.82, 2.24) is 0 Å². The Morgan fingerprint density at radius 2 is 1.95 bits per heavy atom. The number of rotatable bonds is 4. The number of carboxylic acids is 2. The fraction of sp³-hybridized carbons (Fsp3) is 0.167. The highest BCUT2D eigenvalue weighted by molar-refractivity contribution is 8.14. The van der Waals surface area contributed by atoms with Gasteiger partial charge < -0.3 is 10.2 Å². The summed E-state index contributed by atoms with van der Waals surface area (Å²) in [6, 6.07) is 6.54. The molecule has 0 amide bonds. The Bertz CT molecular complexity index is 595. The zero-order valence-electron chi connectivity index (χ0n) is 9.74. The second kappa shape index (κ2) is 5.66. The number of carbonyl (C=O) groups is 2. The SMILES string of the molecule is O=C(O)CSC1=NN=C(c2ccccc2C(=O)O)C1. The van der Waals surface area contributed by atoms with Gasteiger partial charge >= 0.3 is 11.9 Å². The van der Waals surface area contributed by atoms with Crippen LogP contribution < -0.4 is 0 Å². The van der Waals surface area contributed by atoms with Gasteiger partial charge in [0.25, 0.3) is 0 Å². The van der Waals surface area contributed by atoms with Crippen LogP contribution in [0.25, 0.3) is 0 Å². The molecule has 1 aliphatic heterocycles. The molecule has 2 rings (SSSR count). The van der Waals surface area contributed by atoms with Crippen LogP contribution in [0.3, 0.4) is 0 Å². The summed E-state index contributed by atoms with van der Waals surface area (Å²) in [5, 5.41) is 26.1. The maximum atomic E-state index is 11.1. The third-order valence-electron chi connectivity index (χ3n) is 2.43. The first kappa shape index (κ1) is 13.3. The first-order chi connectivity index (χ1) is 9.08. The lowest BCUT2D eigenvalue weighted by Gasteiger charge is -2.04. The summed E-state index contributed by atoms with van der Waals surface area (Å²) in [6.07, 6.45) is 0.363. The van der Waals surface area contributed by atoms with E-state index in [1.807, 2.05) is 0 Å². The third kappa shape index (κ3) is 3.19. The first-order valence-electron chi connectivity index (χ1n) is 5.38. The van der Waals surface area contributed by atoms with E-state index in [0.717, 1.165) is 11.8 Å². The largest absolute Gasteiger partial charge is 0.481 e. The number of hydrogen-bond donors (Lipinski definition) is 2. The molecule has 1 aromatic rings. The molecule has 0 saturated carbocycles. The highest BCUT2D eigenvalue weighted by Gasteiger charge is 2.20. The molecule has 0 bridgehead atoms. The van der Waals surface area contributed by atoms with Crippen LogP contribution >= 0.6 is 11.8 Å². The van der Waals surface area contributed by atoms with Crippen molar-refractivity contribution in [3.63, 3.8) is 0 Å². The van der Waals surface area contributed by atoms with Gasteiger partial charge in [-0.1, -0.05) is 30.0 Å². The molecule has 7 heteroatoms. The van der Waals surface area contributed by atoms with Gasteiger partial charge in [0, 0.05) is 12.0 Å². The van der Waals surface area contributed by atoms with Crippen molar-refractivity contribution in [2.75, 3.05) is 5.75 Å². The number of aliphatic carboxylic acids is 1. The summed E-state index contributed by atoms with van der Waals surface area (Å²) < 4.78 is 0. The van der Waals surface area contributed by atoms with Crippen molar-refractivity contribution in [3.05, 3.63) is 35.4 Å². The van der Waals surface area contributed by atoms with Crippen LogP contribution in [-0.2, 0) is 4.79 Å². The Balaban J connectivity index is 2.11. The van der Waals surface area contributed by atoms with Gasteiger partial charge in [-0.25, -0.2) is 4.79 Å². The van der Waals surface area contributed by atoms with E-state index in [-0.39, 0.29) is 11.3 Å². The molecule has 0 spiro atoms. The molecule has 98 valence electrons. The summed E-state index contributed by atoms with van der Waals surface area (Å²) in [6.45, 7) is 0. The monoisotopic (exact) mass is 278 g/mol. The number of aromatic carboxylic acids is 1. The van der Waals surface area contributed by atoms with E-state index in [1.54, 1.807) is 18.2 Å². The normalized spacial score (nSPS) is 13.9. The number of thioether (sulfide) groups is 1. The second-order valence-corrected chi connectivity index (χ2v) is 4.80. The summed E-state index contributed by atoms with van der Waals surface area (Å²) in [7, 11) is 0. The zero-order chi connectivity index (χ0) is 13.8. The minimum absolute atomic E-state index is 0.0811. The fourth-order valence-electron chi connectivity index (χ4n) is 1.63. The van der Waals surface area contributed by atoms with Gasteiger partial charge in [-0.15, -0.1) is 5.10 Å². The van der Waals surface area contributed by atoms with E-state index in [1.165, 1.54) is 6.07 Å². The van der Waals surface area contributed by atoms with Crippen LogP contribution in [0.4, 0.5) is 0 Å². The predicted molar refractivity (Wildman–Crippen MR) is 72.1 cm³/mol. The highest BCUT2D eigenvalue weighted by atomic mass is 32.2. The molecule has 0 aromatic heterocycles. The van der Waals surface area contributed by atoms with E-state index in [2.05, 4.69) is 10.2 Å². The third-order valence-corrected chi connectivity index (χ3v) is 3.38. The van der Waals surface area contributed by atoms with Crippen molar-refractivity contribution < 1.29 is 19.8 Å².